The molecule has 0 radical (unpaired) electrons. The van der Waals surface area contributed by atoms with E-state index in [1.165, 1.54) is 12.3 Å². The van der Waals surface area contributed by atoms with Crippen LogP contribution in [0.3, 0.4) is 0 Å². The molecule has 0 spiro atoms. The molecule has 0 saturated carbocycles. The fourth-order valence-electron chi connectivity index (χ4n) is 1.47. The lowest BCUT2D eigenvalue weighted by Gasteiger charge is -2.09. The van der Waals surface area contributed by atoms with E-state index in [1.54, 1.807) is 6.07 Å². The second kappa shape index (κ2) is 4.75. The third-order valence-electron chi connectivity index (χ3n) is 2.38. The van der Waals surface area contributed by atoms with E-state index in [-0.39, 0.29) is 5.82 Å². The van der Waals surface area contributed by atoms with Gasteiger partial charge in [0.25, 0.3) is 5.91 Å². The van der Waals surface area contributed by atoms with E-state index in [9.17, 15) is 22.4 Å². The largest absolute Gasteiger partial charge is 0.416 e. The summed E-state index contributed by atoms with van der Waals surface area (Å²) in [6.07, 6.45) is -3.12. The highest BCUT2D eigenvalue weighted by molar-refractivity contribution is 6.04. The highest BCUT2D eigenvalue weighted by Crippen LogP contribution is 2.30. The maximum atomic E-state index is 13.4. The molecule has 1 heterocycles. The molecule has 0 bridgehead atoms. The number of H-pyrrole nitrogens is 1. The van der Waals surface area contributed by atoms with Crippen molar-refractivity contribution in [3.05, 3.63) is 53.5 Å². The van der Waals surface area contributed by atoms with Crippen LogP contribution < -0.4 is 5.32 Å². The number of halogens is 4. The second-order valence-electron chi connectivity index (χ2n) is 3.73. The molecule has 0 aliphatic heterocycles. The minimum Gasteiger partial charge on any atom is -0.348 e. The number of amides is 1. The van der Waals surface area contributed by atoms with Crippen molar-refractivity contribution in [2.75, 3.05) is 5.32 Å². The van der Waals surface area contributed by atoms with E-state index >= 15 is 0 Å². The van der Waals surface area contributed by atoms with Crippen LogP contribution in [-0.2, 0) is 6.18 Å². The number of carbonyl (C=O) groups excluding carboxylic acids is 1. The van der Waals surface area contributed by atoms with Crippen molar-refractivity contribution in [1.29, 1.82) is 0 Å². The van der Waals surface area contributed by atoms with E-state index in [0.717, 1.165) is 0 Å². The van der Waals surface area contributed by atoms with E-state index in [1.807, 2.05) is 0 Å². The van der Waals surface area contributed by atoms with Crippen molar-refractivity contribution in [3.63, 3.8) is 0 Å². The molecular weight excluding hydrogens is 264 g/mol. The Hall–Kier alpha value is -2.31. The molecule has 0 unspecified atom stereocenters. The van der Waals surface area contributed by atoms with Crippen molar-refractivity contribution in [2.45, 2.75) is 6.18 Å². The number of nitrogens with one attached hydrogen (secondary N) is 2. The van der Waals surface area contributed by atoms with Crippen LogP contribution in [-0.4, -0.2) is 10.9 Å². The Balaban J connectivity index is 2.31. The highest BCUT2D eigenvalue weighted by atomic mass is 19.4. The summed E-state index contributed by atoms with van der Waals surface area (Å²) < 4.78 is 50.8. The van der Waals surface area contributed by atoms with Gasteiger partial charge in [-0.15, -0.1) is 0 Å². The molecule has 7 heteroatoms. The zero-order valence-corrected chi connectivity index (χ0v) is 9.38. The molecule has 0 fully saturated rings. The first-order chi connectivity index (χ1) is 8.88. The first kappa shape index (κ1) is 13.1. The third kappa shape index (κ3) is 2.93. The average molecular weight is 272 g/mol. The molecule has 1 aromatic heterocycles. The number of alkyl halides is 3. The van der Waals surface area contributed by atoms with Gasteiger partial charge in [0.2, 0.25) is 0 Å². The van der Waals surface area contributed by atoms with Crippen molar-refractivity contribution >= 4 is 11.7 Å². The lowest BCUT2D eigenvalue weighted by Crippen LogP contribution is -2.16. The van der Waals surface area contributed by atoms with Crippen molar-refractivity contribution in [2.24, 2.45) is 0 Å². The summed E-state index contributed by atoms with van der Waals surface area (Å²) in [4.78, 5) is 14.3. The summed E-state index contributed by atoms with van der Waals surface area (Å²) in [6, 6.07) is 4.75. The molecule has 0 aliphatic rings. The van der Waals surface area contributed by atoms with Crippen LogP contribution in [0.5, 0.6) is 0 Å². The van der Waals surface area contributed by atoms with Gasteiger partial charge in [-0.3, -0.25) is 4.79 Å². The van der Waals surface area contributed by atoms with Gasteiger partial charge < -0.3 is 10.3 Å². The minimum absolute atomic E-state index is 0.266. The van der Waals surface area contributed by atoms with Crippen molar-refractivity contribution in [3.8, 4) is 0 Å². The summed E-state index contributed by atoms with van der Waals surface area (Å²) in [7, 11) is 0. The molecule has 2 N–H and O–H groups in total. The van der Waals surface area contributed by atoms with Crippen LogP contribution >= 0.6 is 0 Å². The normalized spacial score (nSPS) is 11.4. The molecular formula is C12H8F4N2O. The highest BCUT2D eigenvalue weighted by Gasteiger charge is 2.31. The Labute approximate surface area is 105 Å². The van der Waals surface area contributed by atoms with Crippen LogP contribution in [0.1, 0.15) is 15.9 Å². The van der Waals surface area contributed by atoms with Crippen molar-refractivity contribution < 1.29 is 22.4 Å². The SMILES string of the molecule is O=C(Nc1ccc[nH]1)c1cc(C(F)(F)F)ccc1F. The Bertz CT molecular complexity index is 590. The molecule has 1 amide bonds. The number of hydrogen-bond acceptors (Lipinski definition) is 1. The maximum absolute atomic E-state index is 13.4. The van der Waals surface area contributed by atoms with Gasteiger partial charge in [0.15, 0.2) is 0 Å². The topological polar surface area (TPSA) is 44.9 Å². The second-order valence-corrected chi connectivity index (χ2v) is 3.73. The van der Waals surface area contributed by atoms with Gasteiger partial charge in [-0.05, 0) is 30.3 Å². The molecule has 2 aromatic rings. The lowest BCUT2D eigenvalue weighted by molar-refractivity contribution is -0.137. The molecule has 0 atom stereocenters. The van der Waals surface area contributed by atoms with E-state index < -0.39 is 29.0 Å². The molecule has 1 aromatic carbocycles. The smallest absolute Gasteiger partial charge is 0.348 e. The van der Waals surface area contributed by atoms with Gasteiger partial charge in [-0.2, -0.15) is 13.2 Å². The molecule has 2 rings (SSSR count). The van der Waals surface area contributed by atoms with Crippen LogP contribution in [0.2, 0.25) is 0 Å². The average Bonchev–Trinajstić information content (AvgIpc) is 2.80. The van der Waals surface area contributed by atoms with Crippen molar-refractivity contribution in [1.82, 2.24) is 4.98 Å². The molecule has 19 heavy (non-hydrogen) atoms. The summed E-state index contributed by atoms with van der Waals surface area (Å²) >= 11 is 0. The van der Waals surface area contributed by atoms with Gasteiger partial charge in [-0.1, -0.05) is 0 Å². The number of benzene rings is 1. The quantitative estimate of drug-likeness (QED) is 0.808. The van der Waals surface area contributed by atoms with E-state index in [4.69, 9.17) is 0 Å². The number of aromatic nitrogens is 1. The standard InChI is InChI=1S/C12H8F4N2O/c13-9-4-3-7(12(14,15)16)6-8(9)11(19)18-10-2-1-5-17-10/h1-6,17H,(H,18,19). The van der Waals surface area contributed by atoms with Gasteiger partial charge in [0.1, 0.15) is 11.6 Å². The Kier molecular flexibility index (Phi) is 3.28. The van der Waals surface area contributed by atoms with Crippen LogP contribution in [0.25, 0.3) is 0 Å². The van der Waals surface area contributed by atoms with Gasteiger partial charge in [0, 0.05) is 6.20 Å². The number of carbonyl (C=O) groups is 1. The van der Waals surface area contributed by atoms with Gasteiger partial charge in [-0.25, -0.2) is 4.39 Å². The van der Waals surface area contributed by atoms with Crippen LogP contribution in [0.4, 0.5) is 23.4 Å². The maximum Gasteiger partial charge on any atom is 0.416 e. The third-order valence-corrected chi connectivity index (χ3v) is 2.38. The number of rotatable bonds is 2. The molecule has 3 nitrogen and oxygen atoms in total. The summed E-state index contributed by atoms with van der Waals surface area (Å²) in [5.41, 5.74) is -1.74. The molecule has 0 saturated heterocycles. The number of anilines is 1. The zero-order valence-electron chi connectivity index (χ0n) is 9.38. The van der Waals surface area contributed by atoms with E-state index in [2.05, 4.69) is 10.3 Å². The fraction of sp³-hybridized carbons (Fsp3) is 0.0833. The minimum atomic E-state index is -4.63. The summed E-state index contributed by atoms with van der Waals surface area (Å²) in [5, 5.41) is 2.26. The molecule has 100 valence electrons. The monoisotopic (exact) mass is 272 g/mol. The van der Waals surface area contributed by atoms with Gasteiger partial charge in [0.05, 0.1) is 11.1 Å². The molecule has 0 aliphatic carbocycles. The predicted molar refractivity (Wildman–Crippen MR) is 60.1 cm³/mol. The number of hydrogen-bond donors (Lipinski definition) is 2. The first-order valence-corrected chi connectivity index (χ1v) is 5.19. The van der Waals surface area contributed by atoms with E-state index in [0.29, 0.717) is 18.2 Å². The predicted octanol–water partition coefficient (Wildman–Crippen LogP) is 3.42. The van der Waals surface area contributed by atoms with Crippen LogP contribution in [0.15, 0.2) is 36.5 Å². The summed E-state index contributed by atoms with van der Waals surface area (Å²) in [5.74, 6) is -1.70. The van der Waals surface area contributed by atoms with Gasteiger partial charge >= 0.3 is 6.18 Å². The Morgan fingerprint density at radius 3 is 2.53 bits per heavy atom. The number of aromatic amines is 1. The Morgan fingerprint density at radius 2 is 1.95 bits per heavy atom. The first-order valence-electron chi connectivity index (χ1n) is 5.19. The fourth-order valence-corrected chi connectivity index (χ4v) is 1.47. The zero-order chi connectivity index (χ0) is 14.0. The lowest BCUT2D eigenvalue weighted by atomic mass is 10.1. The van der Waals surface area contributed by atoms with Crippen LogP contribution in [0, 0.1) is 5.82 Å². The summed E-state index contributed by atoms with van der Waals surface area (Å²) in [6.45, 7) is 0. The Morgan fingerprint density at radius 1 is 1.21 bits per heavy atom.